The van der Waals surface area contributed by atoms with Crippen LogP contribution in [0.1, 0.15) is 49.1 Å². The van der Waals surface area contributed by atoms with Gasteiger partial charge in [0.25, 0.3) is 0 Å². The third-order valence-corrected chi connectivity index (χ3v) is 7.07. The van der Waals surface area contributed by atoms with Crippen molar-refractivity contribution in [2.75, 3.05) is 19.7 Å². The summed E-state index contributed by atoms with van der Waals surface area (Å²) in [5.41, 5.74) is 10.8. The van der Waals surface area contributed by atoms with E-state index in [0.29, 0.717) is 24.5 Å². The molecule has 152 valence electrons. The van der Waals surface area contributed by atoms with Gasteiger partial charge >= 0.3 is 6.09 Å². The first-order valence-electron chi connectivity index (χ1n) is 11.1. The number of piperidine rings is 1. The normalized spacial score (nSPS) is 23.6. The van der Waals surface area contributed by atoms with Crippen LogP contribution >= 0.6 is 0 Å². The molecule has 1 heterocycles. The molecule has 1 amide bonds. The van der Waals surface area contributed by atoms with E-state index in [2.05, 4.69) is 48.5 Å². The van der Waals surface area contributed by atoms with Gasteiger partial charge < -0.3 is 15.4 Å². The average Bonchev–Trinajstić information content (AvgIpc) is 3.55. The Morgan fingerprint density at radius 1 is 1.00 bits per heavy atom. The maximum Gasteiger partial charge on any atom is 0.410 e. The van der Waals surface area contributed by atoms with Crippen molar-refractivity contribution < 1.29 is 9.53 Å². The van der Waals surface area contributed by atoms with E-state index >= 15 is 0 Å². The number of carbonyl (C=O) groups excluding carboxylic acids is 1. The van der Waals surface area contributed by atoms with E-state index < -0.39 is 0 Å². The summed E-state index contributed by atoms with van der Waals surface area (Å²) < 4.78 is 5.94. The molecule has 2 aliphatic carbocycles. The van der Waals surface area contributed by atoms with Crippen molar-refractivity contribution in [2.45, 2.75) is 44.1 Å². The molecule has 0 spiro atoms. The van der Waals surface area contributed by atoms with Crippen molar-refractivity contribution in [1.82, 2.24) is 4.90 Å². The topological polar surface area (TPSA) is 55.6 Å². The lowest BCUT2D eigenvalue weighted by Gasteiger charge is -2.39. The van der Waals surface area contributed by atoms with Crippen LogP contribution < -0.4 is 5.73 Å². The summed E-state index contributed by atoms with van der Waals surface area (Å²) in [5.74, 6) is 1.44. The van der Waals surface area contributed by atoms with E-state index in [1.165, 1.54) is 35.1 Å². The first-order valence-corrected chi connectivity index (χ1v) is 11.1. The number of amides is 1. The second-order valence-corrected chi connectivity index (χ2v) is 8.87. The van der Waals surface area contributed by atoms with Crippen molar-refractivity contribution in [1.29, 1.82) is 0 Å². The quantitative estimate of drug-likeness (QED) is 0.800. The molecule has 1 saturated carbocycles. The molecule has 4 nitrogen and oxygen atoms in total. The molecule has 0 radical (unpaired) electrons. The Labute approximate surface area is 173 Å². The standard InChI is InChI=1S/C25H30N2O2/c26-13-11-17-12-14-27(24(15-17)18-9-10-18)25(28)29-16-23-21-7-3-1-5-19(21)20-6-2-4-8-22(20)23/h1-8,17-18,23-24H,9-16,26H2. The zero-order valence-corrected chi connectivity index (χ0v) is 16.9. The summed E-state index contributed by atoms with van der Waals surface area (Å²) in [4.78, 5) is 15.1. The number of nitrogens with two attached hydrogens (primary N) is 1. The minimum Gasteiger partial charge on any atom is -0.448 e. The summed E-state index contributed by atoms with van der Waals surface area (Å²) in [7, 11) is 0. The van der Waals surface area contributed by atoms with Gasteiger partial charge in [-0.25, -0.2) is 4.79 Å². The van der Waals surface area contributed by atoms with Crippen LogP contribution in [-0.4, -0.2) is 36.7 Å². The number of rotatable bonds is 5. The molecule has 2 fully saturated rings. The largest absolute Gasteiger partial charge is 0.448 e. The van der Waals surface area contributed by atoms with Gasteiger partial charge in [-0.1, -0.05) is 48.5 Å². The van der Waals surface area contributed by atoms with Gasteiger partial charge in [0.1, 0.15) is 6.61 Å². The fraction of sp³-hybridized carbons (Fsp3) is 0.480. The monoisotopic (exact) mass is 390 g/mol. The van der Waals surface area contributed by atoms with E-state index in [1.54, 1.807) is 0 Å². The Hall–Kier alpha value is -2.33. The first-order chi connectivity index (χ1) is 14.3. The summed E-state index contributed by atoms with van der Waals surface area (Å²) in [6, 6.07) is 17.3. The van der Waals surface area contributed by atoms with Gasteiger partial charge in [0.05, 0.1) is 0 Å². The van der Waals surface area contributed by atoms with Crippen molar-refractivity contribution in [2.24, 2.45) is 17.6 Å². The van der Waals surface area contributed by atoms with Gasteiger partial charge in [0.2, 0.25) is 0 Å². The molecule has 2 aromatic rings. The zero-order chi connectivity index (χ0) is 19.8. The average molecular weight is 391 g/mol. The van der Waals surface area contributed by atoms with Crippen LogP contribution in [-0.2, 0) is 4.74 Å². The van der Waals surface area contributed by atoms with E-state index in [-0.39, 0.29) is 12.0 Å². The molecule has 1 aliphatic heterocycles. The molecule has 29 heavy (non-hydrogen) atoms. The predicted octanol–water partition coefficient (Wildman–Crippen LogP) is 4.77. The molecule has 2 aromatic carbocycles. The lowest BCUT2D eigenvalue weighted by Crippen LogP contribution is -2.48. The molecule has 1 saturated heterocycles. The minimum absolute atomic E-state index is 0.125. The number of likely N-dealkylation sites (tertiary alicyclic amines) is 1. The maximum atomic E-state index is 13.1. The van der Waals surface area contributed by atoms with Gasteiger partial charge in [0.15, 0.2) is 0 Å². The molecule has 2 unspecified atom stereocenters. The van der Waals surface area contributed by atoms with Gasteiger partial charge in [0, 0.05) is 18.5 Å². The fourth-order valence-corrected chi connectivity index (χ4v) is 5.40. The lowest BCUT2D eigenvalue weighted by atomic mass is 9.86. The van der Waals surface area contributed by atoms with Gasteiger partial charge in [-0.05, 0) is 72.7 Å². The van der Waals surface area contributed by atoms with Crippen LogP contribution in [0.15, 0.2) is 48.5 Å². The highest BCUT2D eigenvalue weighted by molar-refractivity contribution is 5.79. The molecule has 0 aromatic heterocycles. The Kier molecular flexibility index (Phi) is 5.04. The van der Waals surface area contributed by atoms with Gasteiger partial charge in [-0.3, -0.25) is 0 Å². The summed E-state index contributed by atoms with van der Waals surface area (Å²) in [5, 5.41) is 0. The molecular formula is C25H30N2O2. The molecule has 2 atom stereocenters. The fourth-order valence-electron chi connectivity index (χ4n) is 5.40. The number of fused-ring (bicyclic) bond motifs is 3. The highest BCUT2D eigenvalue weighted by atomic mass is 16.6. The van der Waals surface area contributed by atoms with Crippen LogP contribution in [0.3, 0.4) is 0 Å². The van der Waals surface area contributed by atoms with Crippen molar-refractivity contribution in [3.63, 3.8) is 0 Å². The number of hydrogen-bond acceptors (Lipinski definition) is 3. The Morgan fingerprint density at radius 2 is 1.66 bits per heavy atom. The molecular weight excluding hydrogens is 360 g/mol. The molecule has 2 N–H and O–H groups in total. The molecule has 5 rings (SSSR count). The number of nitrogens with zero attached hydrogens (tertiary/aromatic N) is 1. The zero-order valence-electron chi connectivity index (χ0n) is 16.9. The Balaban J connectivity index is 1.29. The summed E-state index contributed by atoms with van der Waals surface area (Å²) >= 11 is 0. The van der Waals surface area contributed by atoms with Crippen LogP contribution in [0.25, 0.3) is 11.1 Å². The van der Waals surface area contributed by atoms with E-state index in [1.807, 2.05) is 4.90 Å². The minimum atomic E-state index is -0.130. The second kappa shape index (κ2) is 7.83. The number of ether oxygens (including phenoxy) is 1. The van der Waals surface area contributed by atoms with Crippen LogP contribution in [0, 0.1) is 11.8 Å². The van der Waals surface area contributed by atoms with Gasteiger partial charge in [-0.2, -0.15) is 0 Å². The second-order valence-electron chi connectivity index (χ2n) is 8.87. The first kappa shape index (κ1) is 18.7. The van der Waals surface area contributed by atoms with E-state index in [9.17, 15) is 4.79 Å². The smallest absolute Gasteiger partial charge is 0.410 e. The highest BCUT2D eigenvalue weighted by Crippen LogP contribution is 2.45. The molecule has 0 bridgehead atoms. The number of hydrogen-bond donors (Lipinski definition) is 1. The SMILES string of the molecule is NCCC1CCN(C(=O)OCC2c3ccccc3-c3ccccc32)C(C2CC2)C1. The lowest BCUT2D eigenvalue weighted by molar-refractivity contribution is 0.0526. The van der Waals surface area contributed by atoms with Crippen LogP contribution in [0.5, 0.6) is 0 Å². The molecule has 3 aliphatic rings. The summed E-state index contributed by atoms with van der Waals surface area (Å²) in [6.07, 6.45) is 5.56. The number of carbonyl (C=O) groups is 1. The van der Waals surface area contributed by atoms with Crippen molar-refractivity contribution >= 4 is 6.09 Å². The maximum absolute atomic E-state index is 13.1. The Morgan fingerprint density at radius 3 is 2.28 bits per heavy atom. The third-order valence-electron chi connectivity index (χ3n) is 7.07. The van der Waals surface area contributed by atoms with Crippen LogP contribution in [0.2, 0.25) is 0 Å². The Bertz CT molecular complexity index is 846. The van der Waals surface area contributed by atoms with Crippen molar-refractivity contribution in [3.05, 3.63) is 59.7 Å². The highest BCUT2D eigenvalue weighted by Gasteiger charge is 2.42. The predicted molar refractivity (Wildman–Crippen MR) is 115 cm³/mol. The van der Waals surface area contributed by atoms with E-state index in [0.717, 1.165) is 32.4 Å². The van der Waals surface area contributed by atoms with E-state index in [4.69, 9.17) is 10.5 Å². The van der Waals surface area contributed by atoms with Crippen LogP contribution in [0.4, 0.5) is 4.79 Å². The van der Waals surface area contributed by atoms with Crippen molar-refractivity contribution in [3.8, 4) is 11.1 Å². The summed E-state index contributed by atoms with van der Waals surface area (Å²) in [6.45, 7) is 1.96. The molecule has 4 heteroatoms. The number of benzene rings is 2. The third kappa shape index (κ3) is 3.55. The van der Waals surface area contributed by atoms with Gasteiger partial charge in [-0.15, -0.1) is 0 Å².